The zero-order valence-electron chi connectivity index (χ0n) is 12.4. The number of rotatable bonds is 9. The third kappa shape index (κ3) is 5.11. The van der Waals surface area contributed by atoms with Gasteiger partial charge in [0.2, 0.25) is 5.95 Å². The van der Waals surface area contributed by atoms with Gasteiger partial charge in [-0.25, -0.2) is 4.98 Å². The summed E-state index contributed by atoms with van der Waals surface area (Å²) in [6.07, 6.45) is 10.6. The molecule has 18 heavy (non-hydrogen) atoms. The molecule has 1 aromatic rings. The normalized spacial score (nSPS) is 12.9. The van der Waals surface area contributed by atoms with Gasteiger partial charge in [-0.05, 0) is 19.3 Å². The van der Waals surface area contributed by atoms with Crippen LogP contribution in [0.2, 0.25) is 0 Å². The monoisotopic (exact) mass is 251 g/mol. The highest BCUT2D eigenvalue weighted by Crippen LogP contribution is 2.20. The second-order valence-corrected chi connectivity index (χ2v) is 5.63. The molecule has 1 rings (SSSR count). The van der Waals surface area contributed by atoms with Crippen molar-refractivity contribution in [1.29, 1.82) is 0 Å². The number of hydrogen-bond donors (Lipinski definition) is 1. The van der Waals surface area contributed by atoms with Gasteiger partial charge in [0.1, 0.15) is 0 Å². The maximum absolute atomic E-state index is 4.41. The van der Waals surface area contributed by atoms with E-state index in [0.717, 1.165) is 12.5 Å². The van der Waals surface area contributed by atoms with Crippen molar-refractivity contribution >= 4 is 5.95 Å². The molecule has 0 spiro atoms. The Kier molecular flexibility index (Phi) is 6.84. The molecule has 0 amide bonds. The summed E-state index contributed by atoms with van der Waals surface area (Å²) in [5.74, 6) is 1.67. The minimum Gasteiger partial charge on any atom is -0.355 e. The number of unbranched alkanes of at least 4 members (excludes halogenated alkanes) is 3. The fourth-order valence-electron chi connectivity index (χ4n) is 2.11. The number of hydrogen-bond acceptors (Lipinski definition) is 2. The van der Waals surface area contributed by atoms with Gasteiger partial charge in [0.15, 0.2) is 0 Å². The number of aromatic nitrogens is 2. The first-order chi connectivity index (χ1) is 8.65. The van der Waals surface area contributed by atoms with Gasteiger partial charge in [0.25, 0.3) is 0 Å². The summed E-state index contributed by atoms with van der Waals surface area (Å²) in [6, 6.07) is 0.541. The van der Waals surface area contributed by atoms with E-state index in [2.05, 4.69) is 48.8 Å². The van der Waals surface area contributed by atoms with Gasteiger partial charge in [-0.2, -0.15) is 0 Å². The van der Waals surface area contributed by atoms with Crippen LogP contribution in [0.25, 0.3) is 0 Å². The molecule has 104 valence electrons. The van der Waals surface area contributed by atoms with Crippen molar-refractivity contribution in [2.24, 2.45) is 5.92 Å². The Morgan fingerprint density at radius 1 is 1.22 bits per heavy atom. The van der Waals surface area contributed by atoms with Crippen LogP contribution in [-0.4, -0.2) is 16.1 Å². The predicted molar refractivity (Wildman–Crippen MR) is 79.0 cm³/mol. The Hall–Kier alpha value is -0.990. The first kappa shape index (κ1) is 15.1. The van der Waals surface area contributed by atoms with Crippen LogP contribution in [0.5, 0.6) is 0 Å². The average molecular weight is 251 g/mol. The summed E-state index contributed by atoms with van der Waals surface area (Å²) < 4.78 is 2.27. The molecule has 0 bridgehead atoms. The molecule has 0 aliphatic rings. The molecule has 1 heterocycles. The molecule has 0 radical (unpaired) electrons. The summed E-state index contributed by atoms with van der Waals surface area (Å²) >= 11 is 0. The first-order valence-corrected chi connectivity index (χ1v) is 7.41. The van der Waals surface area contributed by atoms with E-state index in [9.17, 15) is 0 Å². The minimum atomic E-state index is 0.541. The third-order valence-corrected chi connectivity index (χ3v) is 3.29. The summed E-state index contributed by atoms with van der Waals surface area (Å²) in [4.78, 5) is 4.41. The fraction of sp³-hybridized carbons (Fsp3) is 0.800. The molecule has 0 fully saturated rings. The maximum atomic E-state index is 4.41. The highest BCUT2D eigenvalue weighted by molar-refractivity contribution is 5.26. The number of nitrogens with zero attached hydrogens (tertiary/aromatic N) is 2. The third-order valence-electron chi connectivity index (χ3n) is 3.29. The van der Waals surface area contributed by atoms with E-state index in [0.29, 0.717) is 12.0 Å². The van der Waals surface area contributed by atoms with Gasteiger partial charge in [0.05, 0.1) is 0 Å². The predicted octanol–water partition coefficient (Wildman–Crippen LogP) is 4.48. The van der Waals surface area contributed by atoms with Gasteiger partial charge in [-0.15, -0.1) is 0 Å². The Bertz CT molecular complexity index is 317. The molecule has 1 N–H and O–H groups in total. The summed E-state index contributed by atoms with van der Waals surface area (Å²) in [7, 11) is 0. The average Bonchev–Trinajstić information content (AvgIpc) is 2.80. The van der Waals surface area contributed by atoms with E-state index in [-0.39, 0.29) is 0 Å². The maximum Gasteiger partial charge on any atom is 0.203 e. The Labute approximate surface area is 112 Å². The molecule has 0 aliphatic heterocycles. The molecular weight excluding hydrogens is 222 g/mol. The highest BCUT2D eigenvalue weighted by atomic mass is 15.2. The molecule has 0 aromatic carbocycles. The van der Waals surface area contributed by atoms with Crippen LogP contribution < -0.4 is 5.32 Å². The molecule has 3 heteroatoms. The smallest absolute Gasteiger partial charge is 0.203 e. The van der Waals surface area contributed by atoms with Crippen LogP contribution >= 0.6 is 0 Å². The second kappa shape index (κ2) is 8.17. The van der Waals surface area contributed by atoms with Crippen molar-refractivity contribution in [3.8, 4) is 0 Å². The topological polar surface area (TPSA) is 29.9 Å². The van der Waals surface area contributed by atoms with Gasteiger partial charge in [0, 0.05) is 25.0 Å². The molecular formula is C15H29N3. The van der Waals surface area contributed by atoms with Crippen LogP contribution in [-0.2, 0) is 0 Å². The summed E-state index contributed by atoms with van der Waals surface area (Å²) in [6.45, 7) is 9.96. The van der Waals surface area contributed by atoms with E-state index in [1.54, 1.807) is 0 Å². The number of nitrogens with one attached hydrogen (secondary N) is 1. The van der Waals surface area contributed by atoms with E-state index in [4.69, 9.17) is 0 Å². The zero-order chi connectivity index (χ0) is 13.4. The largest absolute Gasteiger partial charge is 0.355 e. The molecule has 3 nitrogen and oxygen atoms in total. The fourth-order valence-corrected chi connectivity index (χ4v) is 2.11. The van der Waals surface area contributed by atoms with Gasteiger partial charge in [-0.1, -0.05) is 46.5 Å². The van der Waals surface area contributed by atoms with Crippen LogP contribution in [0.4, 0.5) is 5.95 Å². The Morgan fingerprint density at radius 3 is 2.67 bits per heavy atom. The van der Waals surface area contributed by atoms with Crippen molar-refractivity contribution in [1.82, 2.24) is 9.55 Å². The standard InChI is InChI=1S/C15H29N3/c1-5-6-7-8-9-14(4)18-11-10-16-15(18)17-12-13(2)3/h10-11,13-14H,5-9,12H2,1-4H3,(H,16,17). The zero-order valence-corrected chi connectivity index (χ0v) is 12.4. The van der Waals surface area contributed by atoms with Crippen LogP contribution in [0.1, 0.15) is 65.8 Å². The SMILES string of the molecule is CCCCCCC(C)n1ccnc1NCC(C)C. The lowest BCUT2D eigenvalue weighted by Gasteiger charge is -2.17. The molecule has 1 aromatic heterocycles. The number of imidazole rings is 1. The van der Waals surface area contributed by atoms with Crippen molar-refractivity contribution in [3.05, 3.63) is 12.4 Å². The molecule has 0 aliphatic carbocycles. The Morgan fingerprint density at radius 2 is 2.00 bits per heavy atom. The van der Waals surface area contributed by atoms with Crippen molar-refractivity contribution < 1.29 is 0 Å². The van der Waals surface area contributed by atoms with Crippen molar-refractivity contribution in [2.75, 3.05) is 11.9 Å². The molecule has 0 saturated carbocycles. The summed E-state index contributed by atoms with van der Waals surface area (Å²) in [5, 5.41) is 3.43. The lowest BCUT2D eigenvalue weighted by molar-refractivity contribution is 0.475. The van der Waals surface area contributed by atoms with E-state index >= 15 is 0 Å². The van der Waals surface area contributed by atoms with Gasteiger partial charge < -0.3 is 9.88 Å². The molecule has 1 atom stereocenters. The highest BCUT2D eigenvalue weighted by Gasteiger charge is 2.09. The van der Waals surface area contributed by atoms with Crippen molar-refractivity contribution in [2.45, 2.75) is 65.8 Å². The van der Waals surface area contributed by atoms with Crippen molar-refractivity contribution in [3.63, 3.8) is 0 Å². The summed E-state index contributed by atoms with van der Waals surface area (Å²) in [5.41, 5.74) is 0. The molecule has 0 saturated heterocycles. The van der Waals surface area contributed by atoms with E-state index in [1.165, 1.54) is 32.1 Å². The minimum absolute atomic E-state index is 0.541. The first-order valence-electron chi connectivity index (χ1n) is 7.41. The number of anilines is 1. The quantitative estimate of drug-likeness (QED) is 0.656. The van der Waals surface area contributed by atoms with E-state index in [1.807, 2.05) is 6.20 Å². The van der Waals surface area contributed by atoms with Gasteiger partial charge >= 0.3 is 0 Å². The van der Waals surface area contributed by atoms with E-state index < -0.39 is 0 Å². The van der Waals surface area contributed by atoms with Crippen LogP contribution in [0.15, 0.2) is 12.4 Å². The Balaban J connectivity index is 2.41. The van der Waals surface area contributed by atoms with Gasteiger partial charge in [-0.3, -0.25) is 0 Å². The molecule has 1 unspecified atom stereocenters. The lowest BCUT2D eigenvalue weighted by Crippen LogP contribution is -2.14. The second-order valence-electron chi connectivity index (χ2n) is 5.63. The lowest BCUT2D eigenvalue weighted by atomic mass is 10.1. The van der Waals surface area contributed by atoms with Crippen LogP contribution in [0.3, 0.4) is 0 Å². The van der Waals surface area contributed by atoms with Crippen LogP contribution in [0, 0.1) is 5.92 Å².